The second-order valence-corrected chi connectivity index (χ2v) is 15.1. The summed E-state index contributed by atoms with van der Waals surface area (Å²) in [4.78, 5) is 0. The topological polar surface area (TPSA) is 0 Å². The summed E-state index contributed by atoms with van der Waals surface area (Å²) in [7, 11) is -0.705. The molecule has 0 spiro atoms. The largest absolute Gasteiger partial charge is 1.00 e. The van der Waals surface area contributed by atoms with Crippen molar-refractivity contribution in [2.24, 2.45) is 0 Å². The minimum Gasteiger partial charge on any atom is -1.00 e. The lowest BCUT2D eigenvalue weighted by Crippen LogP contribution is -3.00. The summed E-state index contributed by atoms with van der Waals surface area (Å²) >= 11 is 0. The molecule has 0 aliphatic carbocycles. The van der Waals surface area contributed by atoms with Gasteiger partial charge in [0.05, 0.1) is 24.6 Å². The van der Waals surface area contributed by atoms with Gasteiger partial charge in [0, 0.05) is 7.26 Å². The first-order chi connectivity index (χ1) is 15.2. The first-order valence-electron chi connectivity index (χ1n) is 15.1. The highest BCUT2D eigenvalue weighted by Crippen LogP contribution is 2.61. The maximum Gasteiger partial charge on any atom is 0.0594 e. The number of hydrogen-bond acceptors (Lipinski definition) is 0. The fourth-order valence-corrected chi connectivity index (χ4v) is 10.1. The van der Waals surface area contributed by atoms with Crippen LogP contribution < -0.4 is 17.0 Å². The molecule has 0 aliphatic rings. The summed E-state index contributed by atoms with van der Waals surface area (Å²) < 4.78 is 0. The zero-order chi connectivity index (χ0) is 22.9. The molecule has 0 saturated carbocycles. The summed E-state index contributed by atoms with van der Waals surface area (Å²) in [5.41, 5.74) is 0. The predicted molar refractivity (Wildman–Crippen MR) is 151 cm³/mol. The summed E-state index contributed by atoms with van der Waals surface area (Å²) in [6.45, 7) is 9.39. The molecule has 0 aromatic carbocycles. The van der Waals surface area contributed by atoms with Crippen LogP contribution in [0.4, 0.5) is 0 Å². The average Bonchev–Trinajstić information content (AvgIpc) is 2.78. The van der Waals surface area contributed by atoms with Gasteiger partial charge < -0.3 is 17.0 Å². The fourth-order valence-electron chi connectivity index (χ4n) is 5.23. The van der Waals surface area contributed by atoms with Gasteiger partial charge in [-0.1, -0.05) is 118 Å². The molecule has 0 saturated heterocycles. The molecular weight excluding hydrogens is 471 g/mol. The van der Waals surface area contributed by atoms with Gasteiger partial charge in [0.2, 0.25) is 0 Å². The van der Waals surface area contributed by atoms with Crippen LogP contribution in [-0.4, -0.2) is 24.6 Å². The lowest BCUT2D eigenvalue weighted by Gasteiger charge is -2.28. The first-order valence-corrected chi connectivity index (χ1v) is 17.6. The van der Waals surface area contributed by atoms with Gasteiger partial charge in [-0.2, -0.15) is 0 Å². The second kappa shape index (κ2) is 28.1. The number of halogens is 1. The first kappa shape index (κ1) is 35.1. The van der Waals surface area contributed by atoms with E-state index < -0.39 is 7.26 Å². The molecule has 0 fully saturated rings. The van der Waals surface area contributed by atoms with Crippen molar-refractivity contribution in [2.45, 2.75) is 169 Å². The van der Waals surface area contributed by atoms with Crippen molar-refractivity contribution >= 4 is 7.26 Å². The van der Waals surface area contributed by atoms with E-state index in [1.807, 2.05) is 0 Å². The van der Waals surface area contributed by atoms with E-state index in [2.05, 4.69) is 27.7 Å². The van der Waals surface area contributed by atoms with Crippen LogP contribution in [-0.2, 0) is 0 Å². The van der Waals surface area contributed by atoms with Crippen LogP contribution in [0, 0.1) is 0 Å². The van der Waals surface area contributed by atoms with E-state index >= 15 is 0 Å². The number of hydrogen-bond donors (Lipinski definition) is 0. The lowest BCUT2D eigenvalue weighted by atomic mass is 10.1. The average molecular weight is 536 g/mol. The van der Waals surface area contributed by atoms with Gasteiger partial charge in [-0.05, 0) is 51.4 Å². The molecule has 32 heavy (non-hydrogen) atoms. The third kappa shape index (κ3) is 22.7. The molecule has 0 aromatic rings. The lowest BCUT2D eigenvalue weighted by molar-refractivity contribution is -0.00000712. The van der Waals surface area contributed by atoms with Crippen molar-refractivity contribution in [3.63, 3.8) is 0 Å². The van der Waals surface area contributed by atoms with Crippen LogP contribution in [0.3, 0.4) is 0 Å². The van der Waals surface area contributed by atoms with Gasteiger partial charge in [-0.15, -0.1) is 0 Å². The van der Waals surface area contributed by atoms with E-state index in [9.17, 15) is 0 Å². The predicted octanol–water partition coefficient (Wildman–Crippen LogP) is 8.67. The Balaban J connectivity index is 0. The van der Waals surface area contributed by atoms with E-state index in [1.165, 1.54) is 116 Å². The smallest absolute Gasteiger partial charge is 0.0594 e. The molecule has 0 unspecified atom stereocenters. The van der Waals surface area contributed by atoms with Gasteiger partial charge in [-0.3, -0.25) is 0 Å². The Bertz CT molecular complexity index is 299. The van der Waals surface area contributed by atoms with Gasteiger partial charge in [-0.25, -0.2) is 0 Å². The van der Waals surface area contributed by atoms with Crippen LogP contribution in [0.15, 0.2) is 0 Å². The van der Waals surface area contributed by atoms with Crippen molar-refractivity contribution in [3.05, 3.63) is 0 Å². The maximum absolute atomic E-state index is 2.35. The van der Waals surface area contributed by atoms with Crippen LogP contribution in [0.1, 0.15) is 169 Å². The van der Waals surface area contributed by atoms with E-state index in [0.717, 1.165) is 0 Å². The normalized spacial score (nSPS) is 11.6. The number of rotatable bonds is 26. The Hall–Kier alpha value is 0.910. The highest BCUT2D eigenvalue weighted by atomic mass is 79.9. The molecule has 0 atom stereocenters. The summed E-state index contributed by atoms with van der Waals surface area (Å²) in [5, 5.41) is 0. The van der Waals surface area contributed by atoms with Gasteiger partial charge >= 0.3 is 0 Å². The van der Waals surface area contributed by atoms with E-state index in [1.54, 1.807) is 50.3 Å². The molecule has 0 bridgehead atoms. The molecule has 0 nitrogen and oxygen atoms in total. The number of unbranched alkanes of at least 4 members (excludes halogenated alkanes) is 18. The summed E-state index contributed by atoms with van der Waals surface area (Å²) in [5.74, 6) is 0. The molecule has 0 aromatic heterocycles. The van der Waals surface area contributed by atoms with Crippen molar-refractivity contribution in [3.8, 4) is 0 Å². The zero-order valence-corrected chi connectivity index (χ0v) is 25.7. The molecule has 0 N–H and O–H groups in total. The Morgan fingerprint density at radius 3 is 0.688 bits per heavy atom. The van der Waals surface area contributed by atoms with E-state index in [-0.39, 0.29) is 17.0 Å². The van der Waals surface area contributed by atoms with Crippen LogP contribution in [0.2, 0.25) is 0 Å². The monoisotopic (exact) mass is 534 g/mol. The maximum atomic E-state index is 2.35. The van der Waals surface area contributed by atoms with Gasteiger partial charge in [0.25, 0.3) is 0 Å². The zero-order valence-electron chi connectivity index (χ0n) is 23.2. The van der Waals surface area contributed by atoms with Crippen molar-refractivity contribution in [1.29, 1.82) is 0 Å². The third-order valence-corrected chi connectivity index (χ3v) is 12.5. The second-order valence-electron chi connectivity index (χ2n) is 10.6. The molecular formula is C30H64BrP. The quantitative estimate of drug-likeness (QED) is 0.0768. The Morgan fingerprint density at radius 2 is 0.469 bits per heavy atom. The fraction of sp³-hybridized carbons (Fsp3) is 1.00. The molecule has 196 valence electrons. The van der Waals surface area contributed by atoms with E-state index in [0.29, 0.717) is 0 Å². The van der Waals surface area contributed by atoms with E-state index in [4.69, 9.17) is 0 Å². The standard InChI is InChI=1S/C30H64P.BrH/c1-5-9-13-17-21-25-29-31(27-23-19-15-11-7-3,28-24-20-16-12-8-4)30-26-22-18-14-10-6-2;/h5-30H2,1-4H3;1H/q+1;/p-1. The Labute approximate surface area is 217 Å². The van der Waals surface area contributed by atoms with Crippen molar-refractivity contribution in [2.75, 3.05) is 24.6 Å². The minimum atomic E-state index is -0.705. The van der Waals surface area contributed by atoms with Crippen molar-refractivity contribution in [1.82, 2.24) is 0 Å². The highest BCUT2D eigenvalue weighted by Gasteiger charge is 2.34. The molecule has 0 radical (unpaired) electrons. The van der Waals surface area contributed by atoms with Crippen LogP contribution in [0.5, 0.6) is 0 Å². The highest BCUT2D eigenvalue weighted by molar-refractivity contribution is 7.75. The molecule has 0 amide bonds. The third-order valence-electron chi connectivity index (χ3n) is 7.44. The molecule has 0 rings (SSSR count). The summed E-state index contributed by atoms with van der Waals surface area (Å²) in [6.07, 6.45) is 39.1. The molecule has 0 aliphatic heterocycles. The molecule has 2 heteroatoms. The Kier molecular flexibility index (Phi) is 30.9. The van der Waals surface area contributed by atoms with Crippen LogP contribution in [0.25, 0.3) is 0 Å². The van der Waals surface area contributed by atoms with Gasteiger partial charge in [0.15, 0.2) is 0 Å². The SMILES string of the molecule is CCCCCCCC[P+](CCCCCCC)(CCCCCCC)CCCCCCCC.[Br-]. The van der Waals surface area contributed by atoms with Crippen molar-refractivity contribution < 1.29 is 17.0 Å². The molecule has 0 heterocycles. The Morgan fingerprint density at radius 1 is 0.281 bits per heavy atom. The van der Waals surface area contributed by atoms with Gasteiger partial charge in [0.1, 0.15) is 0 Å². The minimum absolute atomic E-state index is 0. The summed E-state index contributed by atoms with van der Waals surface area (Å²) in [6, 6.07) is 0. The van der Waals surface area contributed by atoms with Crippen LogP contribution >= 0.6 is 7.26 Å².